The Morgan fingerprint density at radius 3 is 2.91 bits per heavy atom. The average molecular weight is 353 g/mol. The predicted molar refractivity (Wildman–Crippen MR) is 87.9 cm³/mol. The smallest absolute Gasteiger partial charge is 0.329 e. The first-order chi connectivity index (χ1) is 11.0. The number of aromatic nitrogens is 2. The van der Waals surface area contributed by atoms with Gasteiger partial charge in [0.25, 0.3) is 5.56 Å². The van der Waals surface area contributed by atoms with Gasteiger partial charge in [-0.15, -0.1) is 23.1 Å². The molecule has 0 bridgehead atoms. The number of carbonyl (C=O) groups excluding carboxylic acids is 1. The Labute approximate surface area is 139 Å². The van der Waals surface area contributed by atoms with Crippen LogP contribution in [0.15, 0.2) is 22.4 Å². The Balaban J connectivity index is 1.55. The van der Waals surface area contributed by atoms with Crippen LogP contribution >= 0.6 is 23.1 Å². The van der Waals surface area contributed by atoms with Crippen LogP contribution in [0.1, 0.15) is 25.0 Å². The second-order valence-electron chi connectivity index (χ2n) is 5.42. The van der Waals surface area contributed by atoms with Crippen LogP contribution in [0.25, 0.3) is 4.96 Å². The highest BCUT2D eigenvalue weighted by molar-refractivity contribution is 7.99. The summed E-state index contributed by atoms with van der Waals surface area (Å²) in [6.45, 7) is 0. The van der Waals surface area contributed by atoms with E-state index in [1.54, 1.807) is 11.6 Å². The summed E-state index contributed by atoms with van der Waals surface area (Å²) >= 11 is 2.69. The number of thioether (sulfide) groups is 1. The Morgan fingerprint density at radius 1 is 1.48 bits per heavy atom. The summed E-state index contributed by atoms with van der Waals surface area (Å²) in [6, 6.07) is 1.45. The van der Waals surface area contributed by atoms with Crippen molar-refractivity contribution in [3.8, 4) is 0 Å². The highest BCUT2D eigenvalue weighted by Gasteiger charge is 2.45. The van der Waals surface area contributed by atoms with E-state index in [4.69, 9.17) is 0 Å². The lowest BCUT2D eigenvalue weighted by Gasteiger charge is -2.38. The van der Waals surface area contributed by atoms with Crippen LogP contribution in [0.5, 0.6) is 0 Å². The Bertz CT molecular complexity index is 810. The fraction of sp³-hybridized carbons (Fsp3) is 0.429. The first-order valence-electron chi connectivity index (χ1n) is 7.08. The summed E-state index contributed by atoms with van der Waals surface area (Å²) in [5.74, 6) is -0.705. The molecule has 1 fully saturated rings. The predicted octanol–water partition coefficient (Wildman–Crippen LogP) is 1.11. The van der Waals surface area contributed by atoms with Crippen molar-refractivity contribution in [2.45, 2.75) is 30.6 Å². The Kier molecular flexibility index (Phi) is 4.40. The van der Waals surface area contributed by atoms with Crippen molar-refractivity contribution < 1.29 is 14.7 Å². The number of fused-ring (bicyclic) bond motifs is 1. The lowest BCUT2D eigenvalue weighted by atomic mass is 9.77. The molecular formula is C14H15N3O4S2. The Morgan fingerprint density at radius 2 is 2.26 bits per heavy atom. The van der Waals surface area contributed by atoms with Crippen molar-refractivity contribution in [1.29, 1.82) is 0 Å². The number of hydrogen-bond donors (Lipinski definition) is 2. The van der Waals surface area contributed by atoms with E-state index in [0.29, 0.717) is 29.2 Å². The number of carbonyl (C=O) groups is 2. The summed E-state index contributed by atoms with van der Waals surface area (Å²) in [5.41, 5.74) is -0.604. The van der Waals surface area contributed by atoms with E-state index in [1.165, 1.54) is 33.6 Å². The zero-order chi connectivity index (χ0) is 16.4. The molecule has 7 nitrogen and oxygen atoms in total. The lowest BCUT2D eigenvalue weighted by Crippen LogP contribution is -2.59. The van der Waals surface area contributed by atoms with E-state index < -0.39 is 11.5 Å². The number of thiazole rings is 1. The number of amides is 1. The van der Waals surface area contributed by atoms with Gasteiger partial charge in [-0.1, -0.05) is 0 Å². The molecule has 122 valence electrons. The van der Waals surface area contributed by atoms with Crippen LogP contribution in [-0.2, 0) is 15.3 Å². The van der Waals surface area contributed by atoms with E-state index >= 15 is 0 Å². The lowest BCUT2D eigenvalue weighted by molar-refractivity contribution is -0.151. The molecule has 1 aliphatic rings. The molecule has 0 saturated heterocycles. The standard InChI is InChI=1S/C14H15N3O4S2/c18-10(16-14(12(20)21)2-1-3-14)8-22-7-9-6-11(19)17-4-5-23-13(17)15-9/h4-6H,1-3,7-8H2,(H,16,18)(H,20,21). The van der Waals surface area contributed by atoms with Crippen molar-refractivity contribution >= 4 is 39.9 Å². The van der Waals surface area contributed by atoms with E-state index in [1.807, 2.05) is 0 Å². The summed E-state index contributed by atoms with van der Waals surface area (Å²) in [4.78, 5) is 39.9. The summed E-state index contributed by atoms with van der Waals surface area (Å²) in [7, 11) is 0. The number of nitrogens with zero attached hydrogens (tertiary/aromatic N) is 2. The zero-order valence-electron chi connectivity index (χ0n) is 12.2. The van der Waals surface area contributed by atoms with Crippen LogP contribution in [0.3, 0.4) is 0 Å². The van der Waals surface area contributed by atoms with Crippen LogP contribution in [0.2, 0.25) is 0 Å². The Hall–Kier alpha value is -1.87. The van der Waals surface area contributed by atoms with E-state index in [9.17, 15) is 19.5 Å². The van der Waals surface area contributed by atoms with Crippen molar-refractivity contribution in [3.05, 3.63) is 33.7 Å². The highest BCUT2D eigenvalue weighted by Crippen LogP contribution is 2.32. The van der Waals surface area contributed by atoms with Crippen molar-refractivity contribution in [3.63, 3.8) is 0 Å². The minimum absolute atomic E-state index is 0.139. The van der Waals surface area contributed by atoms with Crippen LogP contribution < -0.4 is 10.9 Å². The van der Waals surface area contributed by atoms with Gasteiger partial charge < -0.3 is 10.4 Å². The highest BCUT2D eigenvalue weighted by atomic mass is 32.2. The monoisotopic (exact) mass is 353 g/mol. The maximum absolute atomic E-state index is 11.9. The molecule has 1 saturated carbocycles. The van der Waals surface area contributed by atoms with Crippen LogP contribution in [0, 0.1) is 0 Å². The summed E-state index contributed by atoms with van der Waals surface area (Å²) in [5, 5.41) is 13.6. The first-order valence-corrected chi connectivity index (χ1v) is 9.12. The number of rotatable bonds is 6. The fourth-order valence-corrected chi connectivity index (χ4v) is 3.89. The molecule has 0 aromatic carbocycles. The summed E-state index contributed by atoms with van der Waals surface area (Å²) < 4.78 is 1.47. The van der Waals surface area contributed by atoms with Gasteiger partial charge in [-0.25, -0.2) is 9.78 Å². The molecule has 1 aliphatic carbocycles. The quantitative estimate of drug-likeness (QED) is 0.807. The molecular weight excluding hydrogens is 338 g/mol. The third-order valence-corrected chi connectivity index (χ3v) is 5.56. The molecule has 0 unspecified atom stereocenters. The number of carboxylic acid groups (broad SMARTS) is 1. The number of aliphatic carboxylic acids is 1. The number of carboxylic acids is 1. The average Bonchev–Trinajstić information content (AvgIpc) is 2.91. The SMILES string of the molecule is O=C(CSCc1cc(=O)n2ccsc2n1)NC1(C(=O)O)CCC1. The molecule has 0 radical (unpaired) electrons. The molecule has 2 aromatic rings. The van der Waals surface area contributed by atoms with Crippen molar-refractivity contribution in [2.24, 2.45) is 0 Å². The topological polar surface area (TPSA) is 101 Å². The molecule has 1 amide bonds. The van der Waals surface area contributed by atoms with E-state index in [0.717, 1.165) is 6.42 Å². The molecule has 3 rings (SSSR count). The van der Waals surface area contributed by atoms with Gasteiger partial charge in [0, 0.05) is 23.4 Å². The maximum Gasteiger partial charge on any atom is 0.329 e. The molecule has 0 atom stereocenters. The summed E-state index contributed by atoms with van der Waals surface area (Å²) in [6.07, 6.45) is 3.44. The minimum atomic E-state index is -1.08. The molecule has 9 heteroatoms. The van der Waals surface area contributed by atoms with Gasteiger partial charge >= 0.3 is 5.97 Å². The van der Waals surface area contributed by atoms with Gasteiger partial charge in [-0.05, 0) is 19.3 Å². The second kappa shape index (κ2) is 6.32. The molecule has 0 spiro atoms. The van der Waals surface area contributed by atoms with Gasteiger partial charge in [-0.2, -0.15) is 0 Å². The van der Waals surface area contributed by atoms with Gasteiger partial charge in [0.05, 0.1) is 11.4 Å². The minimum Gasteiger partial charge on any atom is -0.480 e. The third-order valence-electron chi connectivity index (χ3n) is 3.83. The second-order valence-corrected chi connectivity index (χ2v) is 7.28. The molecule has 2 heterocycles. The number of nitrogens with one attached hydrogen (secondary N) is 1. The normalized spacial score (nSPS) is 16.0. The van der Waals surface area contributed by atoms with Crippen LogP contribution in [0.4, 0.5) is 0 Å². The van der Waals surface area contributed by atoms with Crippen molar-refractivity contribution in [1.82, 2.24) is 14.7 Å². The largest absolute Gasteiger partial charge is 0.480 e. The fourth-order valence-electron chi connectivity index (χ4n) is 2.44. The molecule has 2 aromatic heterocycles. The zero-order valence-corrected chi connectivity index (χ0v) is 13.8. The molecule has 23 heavy (non-hydrogen) atoms. The van der Waals surface area contributed by atoms with Gasteiger partial charge in [0.15, 0.2) is 4.96 Å². The van der Waals surface area contributed by atoms with Gasteiger partial charge in [0.1, 0.15) is 5.54 Å². The van der Waals surface area contributed by atoms with E-state index in [2.05, 4.69) is 10.3 Å². The van der Waals surface area contributed by atoms with Crippen molar-refractivity contribution in [2.75, 3.05) is 5.75 Å². The number of hydrogen-bond acceptors (Lipinski definition) is 6. The third kappa shape index (κ3) is 3.25. The first kappa shape index (κ1) is 16.0. The van der Waals surface area contributed by atoms with Crippen LogP contribution in [-0.4, -0.2) is 37.7 Å². The van der Waals surface area contributed by atoms with Gasteiger partial charge in [0.2, 0.25) is 5.91 Å². The molecule has 2 N–H and O–H groups in total. The van der Waals surface area contributed by atoms with E-state index in [-0.39, 0.29) is 17.2 Å². The maximum atomic E-state index is 11.9. The van der Waals surface area contributed by atoms with Gasteiger partial charge in [-0.3, -0.25) is 14.0 Å². The molecule has 0 aliphatic heterocycles.